The van der Waals surface area contributed by atoms with Crippen LogP contribution >= 0.6 is 0 Å². The molecule has 0 radical (unpaired) electrons. The van der Waals surface area contributed by atoms with Gasteiger partial charge in [-0.15, -0.1) is 0 Å². The molecule has 0 spiro atoms. The van der Waals surface area contributed by atoms with Gasteiger partial charge in [-0.2, -0.15) is 0 Å². The zero-order chi connectivity index (χ0) is 9.56. The van der Waals surface area contributed by atoms with E-state index in [0.717, 1.165) is 0 Å². The summed E-state index contributed by atoms with van der Waals surface area (Å²) >= 11 is 0. The van der Waals surface area contributed by atoms with Crippen LogP contribution in [-0.4, -0.2) is 19.1 Å². The van der Waals surface area contributed by atoms with Crippen LogP contribution in [0.5, 0.6) is 0 Å². The fraction of sp³-hybridized carbons (Fsp3) is 0.667. The zero-order valence-electron chi connectivity index (χ0n) is 7.80. The highest BCUT2D eigenvalue weighted by atomic mass is 16.5. The van der Waals surface area contributed by atoms with Gasteiger partial charge in [0.1, 0.15) is 0 Å². The Kier molecular flexibility index (Phi) is 5.37. The van der Waals surface area contributed by atoms with Gasteiger partial charge in [-0.05, 0) is 5.92 Å². The van der Waals surface area contributed by atoms with Gasteiger partial charge in [0.25, 0.3) is 0 Å². The molecule has 0 saturated heterocycles. The van der Waals surface area contributed by atoms with E-state index in [1.54, 1.807) is 0 Å². The highest BCUT2D eigenvalue weighted by molar-refractivity contribution is 5.91. The fourth-order valence-electron chi connectivity index (χ4n) is 0.638. The minimum absolute atomic E-state index is 0.429. The van der Waals surface area contributed by atoms with Crippen LogP contribution in [0.25, 0.3) is 0 Å². The van der Waals surface area contributed by atoms with Gasteiger partial charge in [-0.3, -0.25) is 4.79 Å². The smallest absolute Gasteiger partial charge is 0.244 e. The molecule has 0 bridgehead atoms. The normalized spacial score (nSPS) is 10.2. The van der Waals surface area contributed by atoms with Gasteiger partial charge in [-0.25, -0.2) is 0 Å². The average Bonchev–Trinajstić information content (AvgIpc) is 1.97. The Morgan fingerprint density at radius 1 is 1.58 bits per heavy atom. The minimum Gasteiger partial charge on any atom is -0.381 e. The summed E-state index contributed by atoms with van der Waals surface area (Å²) in [5, 5.41) is 0. The Balaban J connectivity index is 3.32. The third-order valence-corrected chi connectivity index (χ3v) is 1.35. The van der Waals surface area contributed by atoms with Crippen molar-refractivity contribution in [1.82, 2.24) is 0 Å². The standard InChI is InChI=1S/C9H17NO2/c1-7(2)6-12-5-4-8(3)9(10)11/h7H,3-6H2,1-2H3,(H2,10,11). The number of amides is 1. The van der Waals surface area contributed by atoms with E-state index in [1.807, 2.05) is 0 Å². The Bertz CT molecular complexity index is 164. The molecule has 2 N–H and O–H groups in total. The van der Waals surface area contributed by atoms with E-state index < -0.39 is 5.91 Å². The van der Waals surface area contributed by atoms with Crippen molar-refractivity contribution in [1.29, 1.82) is 0 Å². The maximum absolute atomic E-state index is 10.5. The first-order chi connectivity index (χ1) is 5.54. The molecule has 1 amide bonds. The van der Waals surface area contributed by atoms with E-state index >= 15 is 0 Å². The van der Waals surface area contributed by atoms with Crippen molar-refractivity contribution in [2.75, 3.05) is 13.2 Å². The minimum atomic E-state index is -0.442. The van der Waals surface area contributed by atoms with Crippen molar-refractivity contribution >= 4 is 5.91 Å². The van der Waals surface area contributed by atoms with Crippen molar-refractivity contribution in [2.45, 2.75) is 20.3 Å². The van der Waals surface area contributed by atoms with Crippen molar-refractivity contribution in [3.05, 3.63) is 12.2 Å². The predicted molar refractivity (Wildman–Crippen MR) is 48.6 cm³/mol. The SMILES string of the molecule is C=C(CCOCC(C)C)C(N)=O. The zero-order valence-corrected chi connectivity index (χ0v) is 7.80. The molecule has 12 heavy (non-hydrogen) atoms. The van der Waals surface area contributed by atoms with Crippen LogP contribution in [-0.2, 0) is 9.53 Å². The summed E-state index contributed by atoms with van der Waals surface area (Å²) in [4.78, 5) is 10.5. The van der Waals surface area contributed by atoms with Crippen molar-refractivity contribution in [2.24, 2.45) is 11.7 Å². The van der Waals surface area contributed by atoms with Crippen LogP contribution in [0.3, 0.4) is 0 Å². The lowest BCUT2D eigenvalue weighted by Crippen LogP contribution is -2.15. The number of rotatable bonds is 6. The maximum atomic E-state index is 10.5. The van der Waals surface area contributed by atoms with Gasteiger partial charge in [0, 0.05) is 18.6 Å². The molecule has 3 nitrogen and oxygen atoms in total. The number of hydrogen-bond acceptors (Lipinski definition) is 2. The number of nitrogens with two attached hydrogens (primary N) is 1. The van der Waals surface area contributed by atoms with Gasteiger partial charge in [0.05, 0.1) is 6.61 Å². The third-order valence-electron chi connectivity index (χ3n) is 1.35. The second-order valence-corrected chi connectivity index (χ2v) is 3.19. The molecular weight excluding hydrogens is 154 g/mol. The summed E-state index contributed by atoms with van der Waals surface area (Å²) in [6.45, 7) is 8.90. The van der Waals surface area contributed by atoms with E-state index in [9.17, 15) is 4.79 Å². The average molecular weight is 171 g/mol. The summed E-state index contributed by atoms with van der Waals surface area (Å²) in [6, 6.07) is 0. The summed E-state index contributed by atoms with van der Waals surface area (Å²) in [6.07, 6.45) is 0.530. The molecule has 0 aliphatic rings. The lowest BCUT2D eigenvalue weighted by molar-refractivity contribution is -0.114. The lowest BCUT2D eigenvalue weighted by Gasteiger charge is -2.06. The van der Waals surface area contributed by atoms with Crippen LogP contribution in [0, 0.1) is 5.92 Å². The second kappa shape index (κ2) is 5.77. The second-order valence-electron chi connectivity index (χ2n) is 3.19. The summed E-state index contributed by atoms with van der Waals surface area (Å²) < 4.78 is 5.25. The first kappa shape index (κ1) is 11.2. The predicted octanol–water partition coefficient (Wildman–Crippen LogP) is 1.09. The van der Waals surface area contributed by atoms with Crippen LogP contribution in [0.15, 0.2) is 12.2 Å². The molecule has 70 valence electrons. The quantitative estimate of drug-likeness (QED) is 0.480. The van der Waals surface area contributed by atoms with Gasteiger partial charge in [-0.1, -0.05) is 20.4 Å². The number of carbonyl (C=O) groups excluding carboxylic acids is 1. The number of hydrogen-bond donors (Lipinski definition) is 1. The Labute approximate surface area is 73.6 Å². The number of primary amides is 1. The molecule has 0 atom stereocenters. The molecule has 0 aromatic heterocycles. The number of carbonyl (C=O) groups is 1. The molecule has 0 rings (SSSR count). The van der Waals surface area contributed by atoms with E-state index in [0.29, 0.717) is 31.1 Å². The summed E-state index contributed by atoms with van der Waals surface area (Å²) in [5.41, 5.74) is 5.41. The molecule has 0 aliphatic carbocycles. The summed E-state index contributed by atoms with van der Waals surface area (Å²) in [7, 11) is 0. The lowest BCUT2D eigenvalue weighted by atomic mass is 10.2. The Hall–Kier alpha value is -0.830. The molecule has 0 saturated carbocycles. The molecule has 3 heteroatoms. The Morgan fingerprint density at radius 2 is 2.17 bits per heavy atom. The molecule has 0 fully saturated rings. The Morgan fingerprint density at radius 3 is 2.58 bits per heavy atom. The van der Waals surface area contributed by atoms with Crippen LogP contribution in [0.2, 0.25) is 0 Å². The van der Waals surface area contributed by atoms with Crippen molar-refractivity contribution in [3.8, 4) is 0 Å². The van der Waals surface area contributed by atoms with Crippen molar-refractivity contribution < 1.29 is 9.53 Å². The van der Waals surface area contributed by atoms with Crippen LogP contribution in [0.4, 0.5) is 0 Å². The highest BCUT2D eigenvalue weighted by Gasteiger charge is 2.01. The number of ether oxygens (including phenoxy) is 1. The molecule has 0 unspecified atom stereocenters. The van der Waals surface area contributed by atoms with E-state index in [1.165, 1.54) is 0 Å². The van der Waals surface area contributed by atoms with Crippen LogP contribution < -0.4 is 5.73 Å². The fourth-order valence-corrected chi connectivity index (χ4v) is 0.638. The van der Waals surface area contributed by atoms with E-state index in [-0.39, 0.29) is 0 Å². The van der Waals surface area contributed by atoms with Crippen molar-refractivity contribution in [3.63, 3.8) is 0 Å². The first-order valence-electron chi connectivity index (χ1n) is 4.09. The van der Waals surface area contributed by atoms with E-state index in [2.05, 4.69) is 20.4 Å². The molecule has 0 aromatic rings. The third kappa shape index (κ3) is 5.92. The largest absolute Gasteiger partial charge is 0.381 e. The topological polar surface area (TPSA) is 52.3 Å². The molecule has 0 aliphatic heterocycles. The molecule has 0 aromatic carbocycles. The van der Waals surface area contributed by atoms with Gasteiger partial charge >= 0.3 is 0 Å². The van der Waals surface area contributed by atoms with Crippen LogP contribution in [0.1, 0.15) is 20.3 Å². The monoisotopic (exact) mass is 171 g/mol. The first-order valence-corrected chi connectivity index (χ1v) is 4.09. The van der Waals surface area contributed by atoms with E-state index in [4.69, 9.17) is 10.5 Å². The van der Waals surface area contributed by atoms with Gasteiger partial charge in [0.15, 0.2) is 0 Å². The highest BCUT2D eigenvalue weighted by Crippen LogP contribution is 1.98. The van der Waals surface area contributed by atoms with Gasteiger partial charge < -0.3 is 10.5 Å². The maximum Gasteiger partial charge on any atom is 0.244 e. The molecule has 0 heterocycles. The summed E-state index contributed by atoms with van der Waals surface area (Å²) in [5.74, 6) is 0.0787. The molecular formula is C9H17NO2. The van der Waals surface area contributed by atoms with Gasteiger partial charge in [0.2, 0.25) is 5.91 Å².